The highest BCUT2D eigenvalue weighted by molar-refractivity contribution is 7.13. The van der Waals surface area contributed by atoms with Crippen LogP contribution in [0.1, 0.15) is 19.2 Å². The molecule has 2 aromatic rings. The summed E-state index contributed by atoms with van der Waals surface area (Å²) in [6, 6.07) is 3.88. The zero-order valence-electron chi connectivity index (χ0n) is 11.5. The van der Waals surface area contributed by atoms with E-state index < -0.39 is 0 Å². The number of hydrogen-bond acceptors (Lipinski definition) is 7. The van der Waals surface area contributed by atoms with Gasteiger partial charge in [0, 0.05) is 6.54 Å². The summed E-state index contributed by atoms with van der Waals surface area (Å²) in [5, 5.41) is 9.98. The molecule has 0 unspecified atom stereocenters. The minimum Gasteiger partial charge on any atom is -0.466 e. The lowest BCUT2D eigenvalue weighted by atomic mass is 10.4. The van der Waals surface area contributed by atoms with E-state index in [9.17, 15) is 4.79 Å². The quantitative estimate of drug-likeness (QED) is 0.729. The second kappa shape index (κ2) is 7.16. The molecule has 108 valence electrons. The zero-order chi connectivity index (χ0) is 14.4. The van der Waals surface area contributed by atoms with Crippen LogP contribution in [0, 0.1) is 0 Å². The van der Waals surface area contributed by atoms with Gasteiger partial charge in [0.25, 0.3) is 5.89 Å². The molecule has 20 heavy (non-hydrogen) atoms. The van der Waals surface area contributed by atoms with Gasteiger partial charge in [-0.2, -0.15) is 0 Å². The lowest BCUT2D eigenvalue weighted by molar-refractivity contribution is -0.143. The molecule has 6 nitrogen and oxygen atoms in total. The van der Waals surface area contributed by atoms with E-state index in [4.69, 9.17) is 9.15 Å². The number of ether oxygens (including phenoxy) is 1. The molecule has 7 heteroatoms. The lowest BCUT2D eigenvalue weighted by Gasteiger charge is -2.13. The number of carbonyl (C=O) groups is 1. The predicted molar refractivity (Wildman–Crippen MR) is 75.2 cm³/mol. The van der Waals surface area contributed by atoms with Crippen LogP contribution in [0.15, 0.2) is 21.9 Å². The Morgan fingerprint density at radius 3 is 3.05 bits per heavy atom. The van der Waals surface area contributed by atoms with Crippen LogP contribution in [-0.2, 0) is 16.1 Å². The fraction of sp³-hybridized carbons (Fsp3) is 0.462. The van der Waals surface area contributed by atoms with Crippen molar-refractivity contribution in [1.82, 2.24) is 15.1 Å². The number of esters is 1. The minimum atomic E-state index is -0.191. The highest BCUT2D eigenvalue weighted by Crippen LogP contribution is 2.23. The molecule has 0 N–H and O–H groups in total. The summed E-state index contributed by atoms with van der Waals surface area (Å²) in [5.41, 5.74) is 0. The van der Waals surface area contributed by atoms with Crippen LogP contribution in [0.25, 0.3) is 10.8 Å². The second-order valence-corrected chi connectivity index (χ2v) is 5.22. The molecular weight excluding hydrogens is 278 g/mol. The molecule has 2 heterocycles. The molecule has 0 aliphatic heterocycles. The van der Waals surface area contributed by atoms with E-state index in [1.165, 1.54) is 0 Å². The van der Waals surface area contributed by atoms with Crippen LogP contribution in [0.5, 0.6) is 0 Å². The van der Waals surface area contributed by atoms with E-state index in [2.05, 4.69) is 10.2 Å². The Hall–Kier alpha value is -1.73. The van der Waals surface area contributed by atoms with Crippen molar-refractivity contribution in [2.75, 3.05) is 20.2 Å². The Labute approximate surface area is 121 Å². The summed E-state index contributed by atoms with van der Waals surface area (Å²) in [4.78, 5) is 14.2. The molecule has 0 atom stereocenters. The molecule has 0 saturated heterocycles. The Kier molecular flexibility index (Phi) is 5.25. The standard InChI is InChI=1S/C13H17N3O3S/c1-3-18-12(17)6-7-16(2)9-11-14-15-13(19-11)10-5-4-8-20-10/h4-5,8H,3,6-7,9H2,1-2H3. The van der Waals surface area contributed by atoms with E-state index in [1.807, 2.05) is 29.5 Å². The maximum atomic E-state index is 11.3. The predicted octanol–water partition coefficient (Wildman–Crippen LogP) is 2.18. The van der Waals surface area contributed by atoms with Crippen LogP contribution >= 0.6 is 11.3 Å². The molecule has 0 spiro atoms. The van der Waals surface area contributed by atoms with Crippen LogP contribution in [0.4, 0.5) is 0 Å². The average molecular weight is 295 g/mol. The van der Waals surface area contributed by atoms with E-state index in [-0.39, 0.29) is 5.97 Å². The third kappa shape index (κ3) is 4.14. The lowest BCUT2D eigenvalue weighted by Crippen LogP contribution is -2.22. The molecule has 0 aliphatic carbocycles. The van der Waals surface area contributed by atoms with Crippen LogP contribution < -0.4 is 0 Å². The first-order valence-corrected chi connectivity index (χ1v) is 7.27. The summed E-state index contributed by atoms with van der Waals surface area (Å²) in [6.07, 6.45) is 0.357. The Morgan fingerprint density at radius 2 is 2.35 bits per heavy atom. The summed E-state index contributed by atoms with van der Waals surface area (Å²) in [7, 11) is 1.90. The zero-order valence-corrected chi connectivity index (χ0v) is 12.4. The van der Waals surface area contributed by atoms with Crippen molar-refractivity contribution in [3.05, 3.63) is 23.4 Å². The first kappa shape index (κ1) is 14.7. The Morgan fingerprint density at radius 1 is 1.50 bits per heavy atom. The highest BCUT2D eigenvalue weighted by atomic mass is 32.1. The Balaban J connectivity index is 1.83. The summed E-state index contributed by atoms with van der Waals surface area (Å²) < 4.78 is 10.5. The van der Waals surface area contributed by atoms with Gasteiger partial charge in [0.1, 0.15) is 0 Å². The van der Waals surface area contributed by atoms with E-state index >= 15 is 0 Å². The number of carbonyl (C=O) groups excluding carboxylic acids is 1. The van der Waals surface area contributed by atoms with Crippen LogP contribution in [0.2, 0.25) is 0 Å². The minimum absolute atomic E-state index is 0.191. The van der Waals surface area contributed by atoms with Crippen LogP contribution in [0.3, 0.4) is 0 Å². The highest BCUT2D eigenvalue weighted by Gasteiger charge is 2.12. The average Bonchev–Trinajstić information content (AvgIpc) is 3.07. The van der Waals surface area contributed by atoms with Gasteiger partial charge < -0.3 is 9.15 Å². The molecule has 0 aromatic carbocycles. The third-order valence-electron chi connectivity index (χ3n) is 2.61. The van der Waals surface area contributed by atoms with Gasteiger partial charge >= 0.3 is 5.97 Å². The van der Waals surface area contributed by atoms with Crippen molar-refractivity contribution in [2.45, 2.75) is 19.9 Å². The van der Waals surface area contributed by atoms with Crippen molar-refractivity contribution in [1.29, 1.82) is 0 Å². The third-order valence-corrected chi connectivity index (χ3v) is 3.46. The summed E-state index contributed by atoms with van der Waals surface area (Å²) >= 11 is 1.56. The molecule has 0 aliphatic rings. The van der Waals surface area contributed by atoms with Crippen molar-refractivity contribution in [2.24, 2.45) is 0 Å². The summed E-state index contributed by atoms with van der Waals surface area (Å²) in [5.74, 6) is 0.887. The Bertz CT molecular complexity index is 539. The van der Waals surface area contributed by atoms with Gasteiger partial charge in [-0.15, -0.1) is 21.5 Å². The van der Waals surface area contributed by atoms with Gasteiger partial charge in [-0.3, -0.25) is 9.69 Å². The van der Waals surface area contributed by atoms with Gasteiger partial charge in [-0.25, -0.2) is 0 Å². The smallest absolute Gasteiger partial charge is 0.307 e. The molecule has 0 fully saturated rings. The summed E-state index contributed by atoms with van der Waals surface area (Å²) in [6.45, 7) is 3.32. The molecule has 0 saturated carbocycles. The van der Waals surface area contributed by atoms with E-state index in [0.29, 0.717) is 37.9 Å². The van der Waals surface area contributed by atoms with Gasteiger partial charge in [0.2, 0.25) is 5.89 Å². The second-order valence-electron chi connectivity index (χ2n) is 4.27. The number of thiophene rings is 1. The first-order chi connectivity index (χ1) is 9.69. The largest absolute Gasteiger partial charge is 0.466 e. The molecule has 2 rings (SSSR count). The number of rotatable bonds is 7. The molecule has 2 aromatic heterocycles. The molecule has 0 bridgehead atoms. The van der Waals surface area contributed by atoms with Gasteiger partial charge in [0.05, 0.1) is 24.4 Å². The topological polar surface area (TPSA) is 68.5 Å². The fourth-order valence-electron chi connectivity index (χ4n) is 1.64. The molecule has 0 radical (unpaired) electrons. The van der Waals surface area contributed by atoms with Crippen LogP contribution in [-0.4, -0.2) is 41.3 Å². The van der Waals surface area contributed by atoms with E-state index in [0.717, 1.165) is 4.88 Å². The van der Waals surface area contributed by atoms with E-state index in [1.54, 1.807) is 18.3 Å². The fourth-order valence-corrected chi connectivity index (χ4v) is 2.29. The molecular formula is C13H17N3O3S. The van der Waals surface area contributed by atoms with Gasteiger partial charge in [0.15, 0.2) is 0 Å². The van der Waals surface area contributed by atoms with Gasteiger partial charge in [-0.1, -0.05) is 6.07 Å². The van der Waals surface area contributed by atoms with Crippen molar-refractivity contribution in [3.8, 4) is 10.8 Å². The van der Waals surface area contributed by atoms with Crippen molar-refractivity contribution >= 4 is 17.3 Å². The number of nitrogens with zero attached hydrogens (tertiary/aromatic N) is 3. The normalized spacial score (nSPS) is 10.9. The number of hydrogen-bond donors (Lipinski definition) is 0. The van der Waals surface area contributed by atoms with Crippen molar-refractivity contribution in [3.63, 3.8) is 0 Å². The van der Waals surface area contributed by atoms with Crippen molar-refractivity contribution < 1.29 is 13.9 Å². The maximum Gasteiger partial charge on any atom is 0.307 e. The number of aromatic nitrogens is 2. The van der Waals surface area contributed by atoms with Gasteiger partial charge in [-0.05, 0) is 25.4 Å². The SMILES string of the molecule is CCOC(=O)CCN(C)Cc1nnc(-c2cccs2)o1. The maximum absolute atomic E-state index is 11.3. The first-order valence-electron chi connectivity index (χ1n) is 6.39. The molecule has 0 amide bonds. The monoisotopic (exact) mass is 295 g/mol.